The van der Waals surface area contributed by atoms with Gasteiger partial charge in [-0.1, -0.05) is 50.0 Å². The van der Waals surface area contributed by atoms with Gasteiger partial charge in [0.1, 0.15) is 0 Å². The minimum absolute atomic E-state index is 0.155. The van der Waals surface area contributed by atoms with E-state index in [1.807, 2.05) is 44.2 Å². The fraction of sp³-hybridized carbons (Fsp3) is 0.400. The number of carbonyl (C=O) groups excluding carboxylic acids is 1. The van der Waals surface area contributed by atoms with Crippen molar-refractivity contribution < 1.29 is 9.53 Å². The first-order valence-corrected chi connectivity index (χ1v) is 9.81. The third-order valence-electron chi connectivity index (χ3n) is 2.81. The summed E-state index contributed by atoms with van der Waals surface area (Å²) in [6.45, 7) is 10.8. The van der Waals surface area contributed by atoms with Crippen LogP contribution in [0.3, 0.4) is 0 Å². The highest BCUT2D eigenvalue weighted by Crippen LogP contribution is 2.26. The molecule has 0 bridgehead atoms. The SMILES string of the molecule is CCOC(=O)/C(=C(/C)c1ccccc1)[Si](C)(C)C. The molecule has 0 amide bonds. The first-order valence-electron chi connectivity index (χ1n) is 6.31. The van der Waals surface area contributed by atoms with Gasteiger partial charge in [0, 0.05) is 5.20 Å². The Morgan fingerprint density at radius 1 is 1.17 bits per heavy atom. The van der Waals surface area contributed by atoms with Crippen LogP contribution in [0.5, 0.6) is 0 Å². The molecule has 0 aliphatic carbocycles. The van der Waals surface area contributed by atoms with Gasteiger partial charge in [-0.3, -0.25) is 0 Å². The zero-order chi connectivity index (χ0) is 13.8. The van der Waals surface area contributed by atoms with Crippen LogP contribution in [0.25, 0.3) is 5.57 Å². The lowest BCUT2D eigenvalue weighted by atomic mass is 10.1. The van der Waals surface area contributed by atoms with E-state index in [-0.39, 0.29) is 5.97 Å². The predicted molar refractivity (Wildman–Crippen MR) is 79.0 cm³/mol. The number of benzene rings is 1. The fourth-order valence-electron chi connectivity index (χ4n) is 2.06. The molecule has 0 aromatic heterocycles. The zero-order valence-electron chi connectivity index (χ0n) is 11.9. The molecule has 0 radical (unpaired) electrons. The maximum atomic E-state index is 12.2. The van der Waals surface area contributed by atoms with Crippen LogP contribution in [0.4, 0.5) is 0 Å². The third kappa shape index (κ3) is 3.57. The summed E-state index contributed by atoms with van der Waals surface area (Å²) in [5.41, 5.74) is 2.15. The molecular weight excluding hydrogens is 240 g/mol. The second-order valence-electron chi connectivity index (χ2n) is 5.34. The van der Waals surface area contributed by atoms with Crippen LogP contribution in [0, 0.1) is 0 Å². The van der Waals surface area contributed by atoms with Crippen molar-refractivity contribution in [3.05, 3.63) is 41.1 Å². The van der Waals surface area contributed by atoms with Crippen molar-refractivity contribution in [2.45, 2.75) is 33.5 Å². The van der Waals surface area contributed by atoms with Gasteiger partial charge in [0.15, 0.2) is 0 Å². The predicted octanol–water partition coefficient (Wildman–Crippen LogP) is 3.90. The van der Waals surface area contributed by atoms with Crippen LogP contribution in [0.2, 0.25) is 19.6 Å². The molecule has 0 fully saturated rings. The Bertz CT molecular complexity index is 441. The number of esters is 1. The van der Waals surface area contributed by atoms with Gasteiger partial charge in [0.25, 0.3) is 0 Å². The normalized spacial score (nSPS) is 12.9. The second kappa shape index (κ2) is 6.00. The van der Waals surface area contributed by atoms with E-state index in [2.05, 4.69) is 19.6 Å². The van der Waals surface area contributed by atoms with Crippen LogP contribution in [0.1, 0.15) is 19.4 Å². The average molecular weight is 262 g/mol. The zero-order valence-corrected chi connectivity index (χ0v) is 12.9. The molecule has 0 heterocycles. The average Bonchev–Trinajstić information content (AvgIpc) is 2.28. The molecule has 0 atom stereocenters. The molecule has 3 heteroatoms. The summed E-state index contributed by atoms with van der Waals surface area (Å²) in [6.07, 6.45) is 0. The molecule has 0 N–H and O–H groups in total. The number of rotatable bonds is 4. The maximum absolute atomic E-state index is 12.2. The Balaban J connectivity index is 3.29. The van der Waals surface area contributed by atoms with Crippen molar-refractivity contribution in [1.29, 1.82) is 0 Å². The van der Waals surface area contributed by atoms with Gasteiger partial charge >= 0.3 is 5.97 Å². The molecule has 0 saturated heterocycles. The van der Waals surface area contributed by atoms with E-state index in [9.17, 15) is 4.79 Å². The molecule has 0 aliphatic heterocycles. The van der Waals surface area contributed by atoms with E-state index in [4.69, 9.17) is 4.74 Å². The van der Waals surface area contributed by atoms with Gasteiger partial charge in [-0.15, -0.1) is 0 Å². The van der Waals surface area contributed by atoms with Crippen LogP contribution >= 0.6 is 0 Å². The summed E-state index contributed by atoms with van der Waals surface area (Å²) in [7, 11) is -1.73. The second-order valence-corrected chi connectivity index (χ2v) is 10.3. The van der Waals surface area contributed by atoms with Gasteiger partial charge in [-0.2, -0.15) is 0 Å². The summed E-state index contributed by atoms with van der Waals surface area (Å²) in [5.74, 6) is -0.155. The molecule has 0 saturated carbocycles. The summed E-state index contributed by atoms with van der Waals surface area (Å²) in [6, 6.07) is 10.0. The van der Waals surface area contributed by atoms with Crippen LogP contribution in [0.15, 0.2) is 35.5 Å². The number of hydrogen-bond donors (Lipinski definition) is 0. The molecule has 98 valence electrons. The lowest BCUT2D eigenvalue weighted by Crippen LogP contribution is -2.31. The highest BCUT2D eigenvalue weighted by atomic mass is 28.3. The molecule has 0 aliphatic rings. The van der Waals surface area contributed by atoms with Crippen LogP contribution in [-0.4, -0.2) is 20.7 Å². The molecule has 2 nitrogen and oxygen atoms in total. The highest BCUT2D eigenvalue weighted by molar-refractivity contribution is 6.88. The topological polar surface area (TPSA) is 26.3 Å². The van der Waals surface area contributed by atoms with Gasteiger partial charge in [0.2, 0.25) is 0 Å². The molecule has 18 heavy (non-hydrogen) atoms. The van der Waals surface area contributed by atoms with Crippen molar-refractivity contribution in [3.8, 4) is 0 Å². The summed E-state index contributed by atoms with van der Waals surface area (Å²) in [5, 5.41) is 0.885. The summed E-state index contributed by atoms with van der Waals surface area (Å²) >= 11 is 0. The first kappa shape index (κ1) is 14.7. The smallest absolute Gasteiger partial charge is 0.330 e. The monoisotopic (exact) mass is 262 g/mol. The third-order valence-corrected chi connectivity index (χ3v) is 4.89. The van der Waals surface area contributed by atoms with E-state index in [1.54, 1.807) is 0 Å². The van der Waals surface area contributed by atoms with Crippen LogP contribution < -0.4 is 0 Å². The van der Waals surface area contributed by atoms with E-state index in [0.29, 0.717) is 6.61 Å². The number of hydrogen-bond acceptors (Lipinski definition) is 2. The van der Waals surface area contributed by atoms with Crippen molar-refractivity contribution >= 4 is 19.6 Å². The van der Waals surface area contributed by atoms with Gasteiger partial charge in [-0.25, -0.2) is 4.79 Å². The van der Waals surface area contributed by atoms with E-state index in [1.165, 1.54) is 0 Å². The Labute approximate surface area is 111 Å². The standard InChI is InChI=1S/C15H22O2Si/c1-6-17-15(16)14(18(3,4)5)12(2)13-10-8-7-9-11-13/h7-11H,6H2,1-5H3/b14-12+. The summed E-state index contributed by atoms with van der Waals surface area (Å²) < 4.78 is 5.21. The van der Waals surface area contributed by atoms with Crippen molar-refractivity contribution in [1.82, 2.24) is 0 Å². The quantitative estimate of drug-likeness (QED) is 0.467. The number of allylic oxidation sites excluding steroid dienone is 1. The van der Waals surface area contributed by atoms with Gasteiger partial charge in [-0.05, 0) is 25.0 Å². The van der Waals surface area contributed by atoms with Crippen molar-refractivity contribution in [2.75, 3.05) is 6.61 Å². The highest BCUT2D eigenvalue weighted by Gasteiger charge is 2.29. The Morgan fingerprint density at radius 2 is 1.72 bits per heavy atom. The molecule has 0 spiro atoms. The van der Waals surface area contributed by atoms with E-state index in [0.717, 1.165) is 16.3 Å². The number of carbonyl (C=O) groups is 1. The Hall–Kier alpha value is -1.35. The fourth-order valence-corrected chi connectivity index (χ4v) is 4.01. The Kier molecular flexibility index (Phi) is 4.90. The van der Waals surface area contributed by atoms with E-state index < -0.39 is 8.07 Å². The van der Waals surface area contributed by atoms with Crippen molar-refractivity contribution in [2.24, 2.45) is 0 Å². The maximum Gasteiger partial charge on any atom is 0.330 e. The van der Waals surface area contributed by atoms with E-state index >= 15 is 0 Å². The minimum atomic E-state index is -1.73. The molecule has 1 aromatic rings. The van der Waals surface area contributed by atoms with Gasteiger partial charge < -0.3 is 4.74 Å². The minimum Gasteiger partial charge on any atom is -0.463 e. The number of ether oxygens (including phenoxy) is 1. The van der Waals surface area contributed by atoms with Gasteiger partial charge in [0.05, 0.1) is 14.7 Å². The Morgan fingerprint density at radius 3 is 2.17 bits per heavy atom. The molecule has 1 aromatic carbocycles. The molecule has 1 rings (SSSR count). The lowest BCUT2D eigenvalue weighted by molar-refractivity contribution is -0.137. The largest absolute Gasteiger partial charge is 0.463 e. The molecular formula is C15H22O2Si. The first-order chi connectivity index (χ1) is 8.38. The van der Waals surface area contributed by atoms with Crippen molar-refractivity contribution in [3.63, 3.8) is 0 Å². The molecule has 0 unspecified atom stereocenters. The lowest BCUT2D eigenvalue weighted by Gasteiger charge is -2.22. The van der Waals surface area contributed by atoms with Crippen LogP contribution in [-0.2, 0) is 9.53 Å². The summed E-state index contributed by atoms with van der Waals surface area (Å²) in [4.78, 5) is 12.2.